The number of halogens is 8. The number of carboxylic acid groups (broad SMARTS) is 1. The van der Waals surface area contributed by atoms with Gasteiger partial charge in [-0.1, -0.05) is 149 Å². The number of carbonyl (C=O) groups is 12. The van der Waals surface area contributed by atoms with Crippen molar-refractivity contribution in [1.29, 1.82) is 0 Å². The average molecular weight is 2190 g/mol. The van der Waals surface area contributed by atoms with E-state index in [0.29, 0.717) is 95.1 Å². The third-order valence-corrected chi connectivity index (χ3v) is 24.5. The third kappa shape index (κ3) is 35.6. The van der Waals surface area contributed by atoms with Gasteiger partial charge in [-0.3, -0.25) is 53.2 Å². The number of carboxylic acids is 1. The second-order valence-corrected chi connectivity index (χ2v) is 40.4. The number of nitro groups is 2. The van der Waals surface area contributed by atoms with Crippen molar-refractivity contribution in [3.05, 3.63) is 254 Å². The molecule has 10 N–H and O–H groups in total. The zero-order valence-corrected chi connectivity index (χ0v) is 91.9. The van der Waals surface area contributed by atoms with Crippen LogP contribution in [-0.4, -0.2) is 169 Å². The predicted octanol–water partition coefficient (Wildman–Crippen LogP) is 10.8. The molecule has 7 aromatic rings. The van der Waals surface area contributed by atoms with Crippen molar-refractivity contribution in [2.24, 2.45) is 5.73 Å². The molecule has 10 atom stereocenters. The van der Waals surface area contributed by atoms with Crippen molar-refractivity contribution >= 4 is 151 Å². The van der Waals surface area contributed by atoms with E-state index < -0.39 is 166 Å². The van der Waals surface area contributed by atoms with Crippen LogP contribution in [0, 0.1) is 20.2 Å². The molecule has 5 fully saturated rings. The molecule has 5 saturated carbocycles. The quantitative estimate of drug-likeness (QED) is 0.00470. The summed E-state index contributed by atoms with van der Waals surface area (Å²) in [5, 5.41) is 79.5. The summed E-state index contributed by atoms with van der Waals surface area (Å²) in [5.41, 5.74) is -8.16. The van der Waals surface area contributed by atoms with Crippen LogP contribution in [-0.2, 0) is 99.3 Å². The topological polar surface area (TPSA) is 568 Å². The number of nitro benzene ring substituents is 2. The normalized spacial score (nSPS) is 22.0. The molecule has 0 saturated heterocycles. The number of ether oxygens (including phenoxy) is 5. The summed E-state index contributed by atoms with van der Waals surface area (Å²) in [5.74, 6) is -4.74. The Balaban J connectivity index is 0.000000452. The number of benzene rings is 7. The van der Waals surface area contributed by atoms with Gasteiger partial charge in [0.05, 0.1) is 21.0 Å². The number of ketones is 5. The summed E-state index contributed by atoms with van der Waals surface area (Å²) < 4.78 is 92.0. The van der Waals surface area contributed by atoms with Gasteiger partial charge in [0.25, 0.3) is 17.8 Å². The summed E-state index contributed by atoms with van der Waals surface area (Å²) in [4.78, 5) is 168. The Hall–Kier alpha value is -8.60. The zero-order valence-electron chi connectivity index (χ0n) is 82.0. The number of alkyl carbamates (subject to hydrolysis) is 4. The number of rotatable bonds is 17. The number of aromatic carboxylic acids is 1. The molecule has 5 aliphatic rings. The van der Waals surface area contributed by atoms with Crippen molar-refractivity contribution in [3.63, 3.8) is 0 Å². The molecule has 0 bridgehead atoms. The van der Waals surface area contributed by atoms with Crippen LogP contribution in [0.3, 0.4) is 0 Å². The molecule has 5 aliphatic carbocycles. The van der Waals surface area contributed by atoms with Crippen molar-refractivity contribution in [2.75, 3.05) is 0 Å². The van der Waals surface area contributed by atoms with Gasteiger partial charge in [0, 0.05) is 71.6 Å². The first-order chi connectivity index (χ1) is 65.9. The molecule has 0 heterocycles. The van der Waals surface area contributed by atoms with Gasteiger partial charge in [-0.25, -0.2) is 28.8 Å². The molecular weight excluding hydrogens is 2080 g/mol. The van der Waals surface area contributed by atoms with Crippen LogP contribution >= 0.6 is 58.0 Å². The largest absolute Gasteiger partial charge is 1.00 e. The minimum absolute atomic E-state index is 0. The minimum Gasteiger partial charge on any atom is -1.00 e. The van der Waals surface area contributed by atoms with E-state index in [2.05, 4.69) is 30.3 Å². The SMILES string of the molecule is CC(C)(C)OC(=O)N[C@]1(c2ccccc2Cl)CCC[C@@H](O)C1=O.CC(C)(C)OC(=O)N[C@]1(c2ccccc2Cl)CCC[C@@H](OC(=O)c2ccc([N+](=O)[O-])cc2)C1=O.CC(C)(C)OC(=O)N[C@]1(c2ccccc2Cl)CCC[C@H](O)C1=O.CC(C)(C)OC(=O)N[C@]1(c2ccccc2Cl)CCC[C@H](OS(=O)(=O)C(F)(F)F)C1=O.N[C@]1(c2ccccc2Cl)CCC[C@@H](O)C1=O.O=C(O)c1ccc([N+](=O)[O-])cc1.O=CO[O-].[H-].[K+].[K+]. The second kappa shape index (κ2) is 55.1. The van der Waals surface area contributed by atoms with Gasteiger partial charge in [-0.15, -0.1) is 0 Å². The van der Waals surface area contributed by atoms with Crippen LogP contribution in [0.2, 0.25) is 25.1 Å². The molecule has 0 aromatic heterocycles. The molecule has 4 amide bonds. The Kier molecular flexibility index (Phi) is 48.8. The Bertz CT molecular complexity index is 5710. The van der Waals surface area contributed by atoms with E-state index in [0.717, 1.165) is 18.6 Å². The smallest absolute Gasteiger partial charge is 1.00 e. The van der Waals surface area contributed by atoms with Crippen LogP contribution in [0.25, 0.3) is 0 Å². The molecule has 7 aromatic carbocycles. The molecule has 0 aliphatic heterocycles. The molecule has 0 spiro atoms. The number of hydrogen-bond acceptors (Lipinski definition) is 30. The van der Waals surface area contributed by atoms with Gasteiger partial charge in [-0.05, 0) is 240 Å². The summed E-state index contributed by atoms with van der Waals surface area (Å²) >= 11 is 31.2. The number of nitrogens with one attached hydrogen (secondary N) is 4. The number of aliphatic hydroxyl groups is 3. The van der Waals surface area contributed by atoms with Crippen molar-refractivity contribution in [2.45, 2.75) is 266 Å². The molecule has 0 radical (unpaired) electrons. The maximum atomic E-state index is 13.7. The van der Waals surface area contributed by atoms with Gasteiger partial charge in [0.2, 0.25) is 5.78 Å². The maximum Gasteiger partial charge on any atom is 1.00 e. The van der Waals surface area contributed by atoms with E-state index >= 15 is 0 Å². The van der Waals surface area contributed by atoms with Crippen LogP contribution < -0.4 is 135 Å². The Morgan fingerprint density at radius 1 is 0.424 bits per heavy atom. The predicted molar refractivity (Wildman–Crippen MR) is 510 cm³/mol. The number of alkyl halides is 3. The summed E-state index contributed by atoms with van der Waals surface area (Å²) in [6.07, 6.45) is -4.48. The number of nitrogens with two attached hydrogens (primary N) is 1. The molecule has 12 rings (SSSR count). The molecule has 37 nitrogen and oxygen atoms in total. The van der Waals surface area contributed by atoms with Gasteiger partial charge >= 0.3 is 155 Å². The molecular formula is C96H111Cl5F3K2N7O30S. The van der Waals surface area contributed by atoms with Crippen LogP contribution in [0.4, 0.5) is 43.7 Å². The number of carbonyl (C=O) groups excluding carboxylic acids is 11. The van der Waals surface area contributed by atoms with Crippen LogP contribution in [0.1, 0.15) is 229 Å². The second-order valence-electron chi connectivity index (χ2n) is 36.8. The number of nitrogens with zero attached hydrogens (tertiary/aromatic N) is 2. The zero-order chi connectivity index (χ0) is 107. The standard InChI is InChI=1S/C24H25ClN2O7.C18H21ClF3NO6S.2C17H22ClNO4.C12H14ClNO2.C7H5NO4.CH2O3.2K.H/c1-23(2,3)34-22(30)26-24(17-7-4-5-8-18(17)25)14-6-9-19(20(24)28)33-21(29)15-10-12-16(13-11-15)27(31)32;1-16(2,3)28-15(25)23-17(11-7-4-5-8-12(11)19)10-6-9-13(14(17)24)29-30(26,27)18(20,21)22;2*1-16(2,3)23-15(22)19-17(10-6-9-13(20)14(17)21)11-7-4-5-8-12(11)18;13-9-5-2-1-4-8(9)12(14)7-3-6-10(15)11(12)16;9-7(10)5-1-3-6(4-2-5)8(11)12;2-1-4-3;;;/h4-5,7-8,10-13,19H,6,9,14H2,1-3H3,(H,26,30);4-5,7-8,13H,6,9-10H2,1-3H3,(H,23,25);2*4-5,7-8,13,20H,6,9-10H2,1-3H3,(H,19,22);1-2,4-5,10,15H,3,6-7,14H2;1-4H,(H,9,10);1,3H;;;/q;;;;;;;2*+1;-1/p-1/t19-,24+;13-,17-;13-,17+;13-,17-;10-,12+;;;;;/m10101...../s1. The maximum absolute atomic E-state index is 13.7. The van der Waals surface area contributed by atoms with E-state index in [9.17, 15) is 110 Å². The Morgan fingerprint density at radius 2 is 0.674 bits per heavy atom. The fourth-order valence-electron chi connectivity index (χ4n) is 15.6. The summed E-state index contributed by atoms with van der Waals surface area (Å²) in [7, 11) is -6.03. The van der Waals surface area contributed by atoms with Crippen molar-refractivity contribution in [1.82, 2.24) is 21.3 Å². The first-order valence-electron chi connectivity index (χ1n) is 43.9. The number of esters is 1. The number of amides is 4. The average Bonchev–Trinajstić information content (AvgIpc) is 0.756. The Morgan fingerprint density at radius 3 is 0.944 bits per heavy atom. The molecule has 48 heteroatoms. The van der Waals surface area contributed by atoms with E-state index in [1.165, 1.54) is 54.6 Å². The van der Waals surface area contributed by atoms with Gasteiger partial charge in [0.1, 0.15) is 74.5 Å². The van der Waals surface area contributed by atoms with E-state index in [4.69, 9.17) is 103 Å². The number of Topliss-reactive ketones (excluding diaryl/α,β-unsaturated/α-hetero) is 5. The third-order valence-electron chi connectivity index (χ3n) is 21.8. The van der Waals surface area contributed by atoms with Gasteiger partial charge in [0.15, 0.2) is 29.2 Å². The molecule has 0 unspecified atom stereocenters. The van der Waals surface area contributed by atoms with Gasteiger partial charge < -0.3 is 82.7 Å². The minimum atomic E-state index is -6.03. The van der Waals surface area contributed by atoms with Crippen LogP contribution in [0.15, 0.2) is 170 Å². The number of aliphatic hydroxyl groups excluding tert-OH is 3. The Labute approximate surface area is 939 Å². The number of hydrogen-bond donors (Lipinski definition) is 9. The fourth-order valence-corrected chi connectivity index (χ4v) is 17.7. The monoisotopic (exact) mass is 2180 g/mol. The molecule has 774 valence electrons. The van der Waals surface area contributed by atoms with Crippen molar-refractivity contribution < 1.29 is 252 Å². The van der Waals surface area contributed by atoms with Crippen LogP contribution in [0.5, 0.6) is 0 Å². The van der Waals surface area contributed by atoms with Crippen molar-refractivity contribution in [3.8, 4) is 0 Å². The first-order valence-corrected chi connectivity index (χ1v) is 47.2. The van der Waals surface area contributed by atoms with E-state index in [1.807, 2.05) is 0 Å². The first kappa shape index (κ1) is 128. The molecule has 144 heavy (non-hydrogen) atoms. The van der Waals surface area contributed by atoms with E-state index in [-0.39, 0.29) is 187 Å². The summed E-state index contributed by atoms with van der Waals surface area (Å²) in [6, 6.07) is 42.9. The van der Waals surface area contributed by atoms with Gasteiger partial charge in [-0.2, -0.15) is 21.6 Å². The fraction of sp³-hybridized carbons (Fsp3) is 0.438. The summed E-state index contributed by atoms with van der Waals surface area (Å²) in [6.45, 7) is 20.1. The number of non-ortho nitro benzene ring substituents is 2. The van der Waals surface area contributed by atoms with E-state index in [1.54, 1.807) is 186 Å².